The molecule has 5 rings (SSSR count). The average Bonchev–Trinajstić information content (AvgIpc) is 3.32. The van der Waals surface area contributed by atoms with Gasteiger partial charge in [0.25, 0.3) is 0 Å². The number of benzene rings is 2. The molecule has 2 aliphatic rings. The number of carbonyl (C=O) groups excluding carboxylic acids is 1. The van der Waals surface area contributed by atoms with Gasteiger partial charge in [0, 0.05) is 35.9 Å². The molecule has 2 heterocycles. The summed E-state index contributed by atoms with van der Waals surface area (Å²) in [5.74, 6) is 1.37. The van der Waals surface area contributed by atoms with Crippen LogP contribution in [0, 0.1) is 0 Å². The van der Waals surface area contributed by atoms with E-state index in [0.717, 1.165) is 49.1 Å². The fourth-order valence-corrected chi connectivity index (χ4v) is 4.50. The van der Waals surface area contributed by atoms with E-state index in [2.05, 4.69) is 34.9 Å². The zero-order chi connectivity index (χ0) is 22.5. The van der Waals surface area contributed by atoms with Gasteiger partial charge in [0.1, 0.15) is 0 Å². The maximum atomic E-state index is 12.1. The molecule has 0 radical (unpaired) electrons. The van der Waals surface area contributed by atoms with Gasteiger partial charge >= 0.3 is 0 Å². The summed E-state index contributed by atoms with van der Waals surface area (Å²) in [5, 5.41) is 7.85. The third kappa shape index (κ3) is 4.95. The molecule has 0 unspecified atom stereocenters. The summed E-state index contributed by atoms with van der Waals surface area (Å²) in [6, 6.07) is 14.0. The number of anilines is 1. The molecule has 1 aromatic heterocycles. The number of hydrogen-bond acceptors (Lipinski definition) is 5. The Kier molecular flexibility index (Phi) is 6.42. The first-order valence-electron chi connectivity index (χ1n) is 11.8. The van der Waals surface area contributed by atoms with E-state index in [1.165, 1.54) is 35.2 Å². The van der Waals surface area contributed by atoms with Crippen LogP contribution >= 0.6 is 0 Å². The van der Waals surface area contributed by atoms with Crippen LogP contribution in [-0.4, -0.2) is 30.8 Å². The molecule has 0 spiro atoms. The molecule has 33 heavy (non-hydrogen) atoms. The second kappa shape index (κ2) is 9.94. The first-order valence-corrected chi connectivity index (χ1v) is 11.8. The maximum Gasteiger partial charge on any atom is 0.243 e. The fourth-order valence-electron chi connectivity index (χ4n) is 4.50. The number of aryl methyl sites for hydroxylation is 1. The van der Waals surface area contributed by atoms with Crippen molar-refractivity contribution in [2.24, 2.45) is 0 Å². The van der Waals surface area contributed by atoms with Crippen LogP contribution in [0.4, 0.5) is 5.69 Å². The first kappa shape index (κ1) is 21.3. The van der Waals surface area contributed by atoms with E-state index in [0.29, 0.717) is 12.3 Å². The summed E-state index contributed by atoms with van der Waals surface area (Å²) < 4.78 is 10.7. The first-order chi connectivity index (χ1) is 16.3. The largest absolute Gasteiger partial charge is 0.454 e. The lowest BCUT2D eigenvalue weighted by molar-refractivity contribution is -0.116. The number of unbranched alkanes of at least 4 members (excludes halogenated alkanes) is 1. The number of aromatic nitrogens is 1. The van der Waals surface area contributed by atoms with Crippen molar-refractivity contribution in [1.29, 1.82) is 0 Å². The van der Waals surface area contributed by atoms with E-state index in [9.17, 15) is 4.79 Å². The number of ether oxygens (including phenoxy) is 2. The van der Waals surface area contributed by atoms with Crippen LogP contribution in [-0.2, 0) is 17.6 Å². The van der Waals surface area contributed by atoms with Crippen LogP contribution in [0.1, 0.15) is 42.5 Å². The lowest BCUT2D eigenvalue weighted by atomic mass is 9.92. The Hall–Kier alpha value is -3.54. The summed E-state index contributed by atoms with van der Waals surface area (Å²) in [4.78, 5) is 17.0. The number of nitrogens with zero attached hydrogens (tertiary/aromatic N) is 1. The van der Waals surface area contributed by atoms with Gasteiger partial charge in [-0.25, -0.2) is 0 Å². The number of nitrogens with one attached hydrogen (secondary N) is 2. The van der Waals surface area contributed by atoms with Gasteiger partial charge in [0.05, 0.1) is 5.52 Å². The van der Waals surface area contributed by atoms with Gasteiger partial charge in [-0.2, -0.15) is 0 Å². The van der Waals surface area contributed by atoms with Gasteiger partial charge < -0.3 is 20.1 Å². The van der Waals surface area contributed by atoms with E-state index in [-0.39, 0.29) is 12.7 Å². The van der Waals surface area contributed by atoms with Crippen molar-refractivity contribution in [3.05, 3.63) is 65.4 Å². The molecular weight excluding hydrogens is 414 g/mol. The highest BCUT2D eigenvalue weighted by molar-refractivity contribution is 5.93. The minimum atomic E-state index is -0.0881. The summed E-state index contributed by atoms with van der Waals surface area (Å²) in [6.07, 6.45) is 9.87. The van der Waals surface area contributed by atoms with Gasteiger partial charge in [-0.05, 0) is 73.9 Å². The minimum Gasteiger partial charge on any atom is -0.454 e. The van der Waals surface area contributed by atoms with Crippen LogP contribution < -0.4 is 20.1 Å². The standard InChI is InChI=1S/C27H29N3O3/c31-26(14-12-19-11-13-24-25(17-19)33-18-32-24)28-15-5-6-16-29-27-20-7-1-3-9-22(20)30-23-10-4-2-8-21(23)27/h1,3,7,9,11-14,17H,2,4-6,8,10,15-16,18H2,(H,28,31)(H,29,30)/b14-12+. The molecule has 2 aromatic carbocycles. The topological polar surface area (TPSA) is 72.5 Å². The van der Waals surface area contributed by atoms with E-state index >= 15 is 0 Å². The Morgan fingerprint density at radius 3 is 2.82 bits per heavy atom. The van der Waals surface area contributed by atoms with Gasteiger partial charge in [-0.1, -0.05) is 24.3 Å². The van der Waals surface area contributed by atoms with Gasteiger partial charge in [0.15, 0.2) is 11.5 Å². The number of amides is 1. The van der Waals surface area contributed by atoms with Crippen molar-refractivity contribution < 1.29 is 14.3 Å². The number of carbonyl (C=O) groups is 1. The fraction of sp³-hybridized carbons (Fsp3) is 0.333. The monoisotopic (exact) mass is 443 g/mol. The zero-order valence-electron chi connectivity index (χ0n) is 18.7. The van der Waals surface area contributed by atoms with Crippen molar-refractivity contribution in [1.82, 2.24) is 10.3 Å². The third-order valence-corrected chi connectivity index (χ3v) is 6.20. The van der Waals surface area contributed by atoms with Crippen molar-refractivity contribution in [2.75, 3.05) is 25.2 Å². The molecule has 6 heteroatoms. The van der Waals surface area contributed by atoms with Crippen molar-refractivity contribution >= 4 is 28.6 Å². The molecule has 0 fully saturated rings. The van der Waals surface area contributed by atoms with E-state index in [4.69, 9.17) is 14.5 Å². The highest BCUT2D eigenvalue weighted by atomic mass is 16.7. The van der Waals surface area contributed by atoms with Crippen LogP contribution in [0.25, 0.3) is 17.0 Å². The molecular formula is C27H29N3O3. The van der Waals surface area contributed by atoms with E-state index in [1.807, 2.05) is 18.2 Å². The molecule has 1 amide bonds. The molecule has 6 nitrogen and oxygen atoms in total. The van der Waals surface area contributed by atoms with Crippen LogP contribution in [0.2, 0.25) is 0 Å². The highest BCUT2D eigenvalue weighted by Crippen LogP contribution is 2.34. The zero-order valence-corrected chi connectivity index (χ0v) is 18.7. The van der Waals surface area contributed by atoms with Gasteiger partial charge in [-0.15, -0.1) is 0 Å². The van der Waals surface area contributed by atoms with Gasteiger partial charge in [-0.3, -0.25) is 9.78 Å². The molecule has 170 valence electrons. The summed E-state index contributed by atoms with van der Waals surface area (Å²) in [7, 11) is 0. The summed E-state index contributed by atoms with van der Waals surface area (Å²) >= 11 is 0. The molecule has 0 saturated heterocycles. The SMILES string of the molecule is O=C(/C=C/c1ccc2c(c1)OCO2)NCCCCNc1c2c(nc3ccccc13)CCCC2. The number of hydrogen-bond donors (Lipinski definition) is 2. The number of pyridine rings is 1. The molecule has 3 aromatic rings. The van der Waals surface area contributed by atoms with Gasteiger partial charge in [0.2, 0.25) is 12.7 Å². The van der Waals surface area contributed by atoms with Crippen molar-refractivity contribution in [3.8, 4) is 11.5 Å². The maximum absolute atomic E-state index is 12.1. The molecule has 1 aliphatic carbocycles. The lowest BCUT2D eigenvalue weighted by Gasteiger charge is -2.21. The number of rotatable bonds is 8. The predicted molar refractivity (Wildman–Crippen MR) is 131 cm³/mol. The molecule has 2 N–H and O–H groups in total. The second-order valence-electron chi connectivity index (χ2n) is 8.51. The molecule has 0 atom stereocenters. The van der Waals surface area contributed by atoms with Crippen molar-refractivity contribution in [2.45, 2.75) is 38.5 Å². The third-order valence-electron chi connectivity index (χ3n) is 6.20. The predicted octanol–water partition coefficient (Wildman–Crippen LogP) is 4.86. The van der Waals surface area contributed by atoms with E-state index in [1.54, 1.807) is 12.2 Å². The Labute approximate surface area is 194 Å². The Morgan fingerprint density at radius 2 is 1.85 bits per heavy atom. The van der Waals surface area contributed by atoms with Crippen LogP contribution in [0.5, 0.6) is 11.5 Å². The molecule has 0 bridgehead atoms. The Balaban J connectivity index is 1.09. The van der Waals surface area contributed by atoms with Crippen LogP contribution in [0.3, 0.4) is 0 Å². The van der Waals surface area contributed by atoms with Crippen LogP contribution in [0.15, 0.2) is 48.5 Å². The molecule has 0 saturated carbocycles. The Bertz CT molecular complexity index is 1190. The Morgan fingerprint density at radius 1 is 1.00 bits per heavy atom. The number of para-hydroxylation sites is 1. The average molecular weight is 444 g/mol. The minimum absolute atomic E-state index is 0.0881. The second-order valence-corrected chi connectivity index (χ2v) is 8.51. The smallest absolute Gasteiger partial charge is 0.243 e. The summed E-state index contributed by atoms with van der Waals surface area (Å²) in [6.45, 7) is 1.78. The normalized spacial score (nSPS) is 14.4. The quantitative estimate of drug-likeness (QED) is 0.384. The highest BCUT2D eigenvalue weighted by Gasteiger charge is 2.17. The van der Waals surface area contributed by atoms with Crippen molar-refractivity contribution in [3.63, 3.8) is 0 Å². The summed E-state index contributed by atoms with van der Waals surface area (Å²) in [5.41, 5.74) is 5.88. The lowest BCUT2D eigenvalue weighted by Crippen LogP contribution is -2.22. The molecule has 1 aliphatic heterocycles. The van der Waals surface area contributed by atoms with E-state index < -0.39 is 0 Å². The number of fused-ring (bicyclic) bond motifs is 3.